The Morgan fingerprint density at radius 2 is 0.554 bits per heavy atom. The van der Waals surface area contributed by atoms with Gasteiger partial charge in [0.25, 0.3) is 0 Å². The van der Waals surface area contributed by atoms with Crippen molar-refractivity contribution in [1.29, 1.82) is 0 Å². The normalized spacial score (nSPS) is 14.1. The monoisotopic (exact) mass is 2140 g/mol. The number of phenolic OH excluding ortho intramolecular Hbond substituents is 1. The Balaban J connectivity index is 0.000000161. The van der Waals surface area contributed by atoms with Crippen LogP contribution in [-0.2, 0) is 65.4 Å². The van der Waals surface area contributed by atoms with Gasteiger partial charge in [0.15, 0.2) is 0 Å². The SMILES string of the molecule is C=CCOc1cc(F)cc(C[C@H](C)[C@H](O)[C@H]2C(=O)N(Cc3ccccc3)CCN2C(=O)OC(C)(C)C)c1.C[C@@H](Cc1cc(O)cc(F)c1)[C@H](O)[C@H]1C(=O)N(Cc2ccccc2)CCN1C(=O)OC(C)(C)C.[Pd].c1ccc(P(c2ccccc2)c2ccccc2)cc1.c1ccc(P(c2ccccc2)c2ccccc2)cc1.c1ccc(P(c2ccccc2)c2ccccc2)cc1.c1ccc(P(c2ccccc2)c2ccccc2)cc1. The van der Waals surface area contributed by atoms with E-state index in [9.17, 15) is 43.3 Å². The Bertz CT molecular complexity index is 5800. The third-order valence-electron chi connectivity index (χ3n) is 24.1. The van der Waals surface area contributed by atoms with Crippen molar-refractivity contribution in [1.82, 2.24) is 19.6 Å². The summed E-state index contributed by atoms with van der Waals surface area (Å²) in [6.45, 7) is 19.6. The van der Waals surface area contributed by atoms with Crippen LogP contribution in [0, 0.1) is 23.5 Å². The number of benzene rings is 16. The van der Waals surface area contributed by atoms with E-state index in [0.717, 1.165) is 17.2 Å². The van der Waals surface area contributed by atoms with E-state index < -0.39 is 103 Å². The molecule has 0 aliphatic carbocycles. The zero-order valence-corrected chi connectivity index (χ0v) is 90.0. The van der Waals surface area contributed by atoms with Crippen molar-refractivity contribution in [3.8, 4) is 11.5 Å². The second-order valence-electron chi connectivity index (χ2n) is 37.7. The van der Waals surface area contributed by atoms with Crippen LogP contribution >= 0.6 is 31.7 Å². The predicted octanol–water partition coefficient (Wildman–Crippen LogP) is 22.1. The molecule has 0 bridgehead atoms. The number of aromatic hydroxyl groups is 1. The van der Waals surface area contributed by atoms with E-state index in [2.05, 4.69) is 371 Å². The summed E-state index contributed by atoms with van der Waals surface area (Å²) < 4.78 is 44.5. The average Bonchev–Trinajstić information content (AvgIpc) is 0.779. The summed E-state index contributed by atoms with van der Waals surface area (Å²) in [5.74, 6) is -2.63. The van der Waals surface area contributed by atoms with Crippen LogP contribution in [-0.4, -0.2) is 127 Å². The fourth-order valence-corrected chi connectivity index (χ4v) is 26.5. The predicted molar refractivity (Wildman–Crippen MR) is 606 cm³/mol. The van der Waals surface area contributed by atoms with Gasteiger partial charge in [0.1, 0.15) is 53.0 Å². The van der Waals surface area contributed by atoms with Crippen molar-refractivity contribution in [2.24, 2.45) is 11.8 Å². The summed E-state index contributed by atoms with van der Waals surface area (Å²) in [6.07, 6.45) is -1.71. The van der Waals surface area contributed by atoms with Gasteiger partial charge in [-0.25, -0.2) is 18.4 Å². The van der Waals surface area contributed by atoms with E-state index in [1.165, 1.54) is 97.7 Å². The minimum Gasteiger partial charge on any atom is -0.508 e. The van der Waals surface area contributed by atoms with Gasteiger partial charge in [-0.3, -0.25) is 19.4 Å². The van der Waals surface area contributed by atoms with Crippen LogP contribution in [0.4, 0.5) is 18.4 Å². The summed E-state index contributed by atoms with van der Waals surface area (Å²) in [6, 6.07) is 154. The van der Waals surface area contributed by atoms with E-state index in [-0.39, 0.29) is 70.5 Å². The molecule has 2 fully saturated rings. The van der Waals surface area contributed by atoms with Gasteiger partial charge in [0.05, 0.1) is 12.2 Å². The van der Waals surface area contributed by atoms with Gasteiger partial charge < -0.3 is 39.3 Å². The third-order valence-corrected chi connectivity index (χ3v) is 33.8. The molecule has 2 saturated heterocycles. The van der Waals surface area contributed by atoms with Gasteiger partial charge >= 0.3 is 12.2 Å². The standard InChI is InChI=1S/C29H37FN2O5.C26H33FN2O5.4C18H15P.Pd/c1-6-14-36-24-17-22(16-23(30)18-24)15-20(2)26(33)25-27(34)31(19-21-10-8-7-9-11-21)12-13-32(25)28(35)37-29(3,4)5;1-17(12-19-13-20(27)15-21(30)14-19)23(31)22-24(32)28(16-18-8-6-5-7-9-18)10-11-29(22)25(33)34-26(2,3)4;4*1-4-10-16(11-5-1)19(17-12-6-2-7-13-17)18-14-8-3-9-15-18;/h6-11,16-18,20,25-26,33H,1,12-15,19H2,2-5H3;5-9,13-15,17,22-23,30-31H,10-12,16H2,1-4H3;4*1-15H;/t20-,25-,26-;17-,22-,23-;;;;;/m00...../s1. The number of amides is 4. The Morgan fingerprint density at radius 3 is 0.770 bits per heavy atom. The first-order valence-corrected chi connectivity index (χ1v) is 54.9. The maximum Gasteiger partial charge on any atom is 0.411 e. The van der Waals surface area contributed by atoms with Gasteiger partial charge in [-0.05, 0) is 208 Å². The fourth-order valence-electron chi connectivity index (χ4n) is 17.3. The van der Waals surface area contributed by atoms with Crippen LogP contribution in [0.15, 0.2) is 474 Å². The average molecular weight is 2140 g/mol. The van der Waals surface area contributed by atoms with Gasteiger partial charge in [-0.15, -0.1) is 0 Å². The summed E-state index contributed by atoms with van der Waals surface area (Å²) in [5, 5.41) is 49.2. The number of aliphatic hydroxyl groups excluding tert-OH is 2. The Labute approximate surface area is 890 Å². The number of nitrogens with zero attached hydrogens (tertiary/aromatic N) is 4. The van der Waals surface area contributed by atoms with Crippen molar-refractivity contribution < 1.29 is 77.9 Å². The number of carbonyl (C=O) groups is 4. The van der Waals surface area contributed by atoms with Crippen molar-refractivity contribution >= 4 is 119 Å². The maximum absolute atomic E-state index is 14.2. The summed E-state index contributed by atoms with van der Waals surface area (Å²) in [5.41, 5.74) is 1.47. The number of rotatable bonds is 27. The number of ether oxygens (including phenoxy) is 3. The molecule has 16 aromatic rings. The van der Waals surface area contributed by atoms with E-state index in [1.54, 1.807) is 77.3 Å². The van der Waals surface area contributed by atoms with Crippen LogP contribution in [0.3, 0.4) is 0 Å². The van der Waals surface area contributed by atoms with Crippen molar-refractivity contribution in [3.63, 3.8) is 0 Å². The van der Waals surface area contributed by atoms with Crippen LogP contribution in [0.25, 0.3) is 0 Å². The molecule has 4 amide bonds. The number of aliphatic hydroxyl groups is 2. The smallest absolute Gasteiger partial charge is 0.411 e. The molecule has 148 heavy (non-hydrogen) atoms. The zero-order valence-electron chi connectivity index (χ0n) is 84.8. The van der Waals surface area contributed by atoms with Gasteiger partial charge in [-0.1, -0.05) is 451 Å². The molecule has 3 N–H and O–H groups in total. The van der Waals surface area contributed by atoms with Crippen molar-refractivity contribution in [2.75, 3.05) is 32.8 Å². The first-order chi connectivity index (χ1) is 71.2. The molecule has 6 atom stereocenters. The second-order valence-corrected chi connectivity index (χ2v) is 46.5. The van der Waals surface area contributed by atoms with Crippen molar-refractivity contribution in [3.05, 3.63) is 508 Å². The minimum atomic E-state index is -1.23. The zero-order chi connectivity index (χ0) is 104. The minimum absolute atomic E-state index is 0. The van der Waals surface area contributed by atoms with E-state index in [0.29, 0.717) is 43.1 Å². The molecule has 14 nitrogen and oxygen atoms in total. The quantitative estimate of drug-likeness (QED) is 0.0256. The molecule has 0 saturated carbocycles. The molecular weight excluding hydrogens is 2010 g/mol. The van der Waals surface area contributed by atoms with Crippen LogP contribution in [0.2, 0.25) is 0 Å². The molecule has 762 valence electrons. The molecule has 21 heteroatoms. The molecule has 2 heterocycles. The third kappa shape index (κ3) is 34.3. The number of halogens is 2. The molecule has 0 unspecified atom stereocenters. The van der Waals surface area contributed by atoms with Crippen LogP contribution in [0.1, 0.15) is 77.6 Å². The van der Waals surface area contributed by atoms with Crippen LogP contribution < -0.4 is 68.4 Å². The van der Waals surface area contributed by atoms with Gasteiger partial charge in [-0.2, -0.15) is 0 Å². The largest absolute Gasteiger partial charge is 0.508 e. The van der Waals surface area contributed by atoms with E-state index in [1.807, 2.05) is 60.7 Å². The van der Waals surface area contributed by atoms with Gasteiger partial charge in [0, 0.05) is 71.8 Å². The van der Waals surface area contributed by atoms with E-state index in [4.69, 9.17) is 14.2 Å². The number of piperazine rings is 2. The molecule has 18 rings (SSSR count). The maximum atomic E-state index is 14.2. The van der Waals surface area contributed by atoms with Crippen LogP contribution in [0.5, 0.6) is 11.5 Å². The molecule has 2 aliphatic heterocycles. The number of phenols is 1. The number of hydrogen-bond donors (Lipinski definition) is 3. The summed E-state index contributed by atoms with van der Waals surface area (Å²) in [4.78, 5) is 59.1. The Morgan fingerprint density at radius 1 is 0.338 bits per heavy atom. The molecule has 0 spiro atoms. The Kier molecular flexibility index (Phi) is 44.2. The topological polar surface area (TPSA) is 170 Å². The number of hydrogen-bond acceptors (Lipinski definition) is 10. The first-order valence-electron chi connectivity index (χ1n) is 49.6. The second kappa shape index (κ2) is 57.7. The fraction of sp³-hybridized carbons (Fsp3) is 0.197. The number of carbonyl (C=O) groups excluding carboxylic acids is 4. The Hall–Kier alpha value is -13.5. The van der Waals surface area contributed by atoms with E-state index >= 15 is 0 Å². The van der Waals surface area contributed by atoms with Gasteiger partial charge in [0.2, 0.25) is 11.8 Å². The summed E-state index contributed by atoms with van der Waals surface area (Å²) in [7, 11) is -1.78. The summed E-state index contributed by atoms with van der Waals surface area (Å²) >= 11 is 0. The molecule has 2 aliphatic rings. The molecular formula is C127H130F2N4O10P4Pd. The molecule has 16 aromatic carbocycles. The molecule has 0 radical (unpaired) electrons. The molecule has 0 aromatic heterocycles. The van der Waals surface area contributed by atoms with Crippen molar-refractivity contribution in [2.45, 2.75) is 117 Å². The first kappa shape index (κ1) is 113.